The van der Waals surface area contributed by atoms with Gasteiger partial charge in [0, 0.05) is 6.42 Å². The van der Waals surface area contributed by atoms with Crippen molar-refractivity contribution in [2.24, 2.45) is 0 Å². The summed E-state index contributed by atoms with van der Waals surface area (Å²) in [6.07, 6.45) is 95.2. The summed E-state index contributed by atoms with van der Waals surface area (Å²) in [6, 6.07) is -0.846. The lowest BCUT2D eigenvalue weighted by Crippen LogP contribution is -2.45. The van der Waals surface area contributed by atoms with Gasteiger partial charge in [0.25, 0.3) is 0 Å². The van der Waals surface area contributed by atoms with Crippen molar-refractivity contribution in [2.75, 3.05) is 40.9 Å². The molecule has 0 saturated heterocycles. The molecule has 9 heteroatoms. The summed E-state index contributed by atoms with van der Waals surface area (Å²) in [4.78, 5) is 23.5. The standard InChI is InChI=1S/C80H159N2O6P/c1-6-8-10-12-14-16-18-20-22-24-26-28-30-32-34-36-38-40-41-42-44-46-48-50-52-54-56-58-60-62-64-66-68-70-72-74-80(84)81-78(77-88-89(85,86)87-76-75-82(3,4)5)79(83)73-71-69-67-65-63-61-59-57-55-53-51-49-47-45-43-39-37-35-33-31-29-27-25-23-21-19-17-15-13-11-9-7-2/h24,26,71,73,78-79,83H,6-23,25,27-70,72,74-77H2,1-5H3,(H-,81,84,85,86)/p+1/b26-24-,73-71+. The fraction of sp³-hybridized carbons (Fsp3) is 0.938. The van der Waals surface area contributed by atoms with Crippen LogP contribution in [-0.2, 0) is 18.4 Å². The first-order valence-electron chi connectivity index (χ1n) is 40.2. The molecule has 3 atom stereocenters. The number of aliphatic hydroxyl groups is 1. The second-order valence-corrected chi connectivity index (χ2v) is 30.6. The van der Waals surface area contributed by atoms with Gasteiger partial charge in [-0.25, -0.2) is 4.57 Å². The van der Waals surface area contributed by atoms with Gasteiger partial charge in [-0.2, -0.15) is 0 Å². The molecule has 0 aliphatic carbocycles. The van der Waals surface area contributed by atoms with E-state index in [9.17, 15) is 19.4 Å². The van der Waals surface area contributed by atoms with E-state index < -0.39 is 20.0 Å². The first-order chi connectivity index (χ1) is 43.5. The Morgan fingerprint density at radius 3 is 0.865 bits per heavy atom. The molecule has 3 N–H and O–H groups in total. The third-order valence-corrected chi connectivity index (χ3v) is 19.9. The van der Waals surface area contributed by atoms with Crippen LogP contribution < -0.4 is 5.32 Å². The van der Waals surface area contributed by atoms with Gasteiger partial charge in [-0.3, -0.25) is 13.8 Å². The Hall–Kier alpha value is -1.02. The second-order valence-electron chi connectivity index (χ2n) is 29.2. The smallest absolute Gasteiger partial charge is 0.387 e. The van der Waals surface area contributed by atoms with Gasteiger partial charge >= 0.3 is 7.82 Å². The van der Waals surface area contributed by atoms with E-state index in [4.69, 9.17) is 9.05 Å². The number of hydrogen-bond donors (Lipinski definition) is 3. The van der Waals surface area contributed by atoms with Crippen LogP contribution in [0.2, 0.25) is 0 Å². The largest absolute Gasteiger partial charge is 0.472 e. The van der Waals surface area contributed by atoms with Crippen LogP contribution in [0, 0.1) is 0 Å². The molecule has 0 aliphatic heterocycles. The molecule has 0 aromatic heterocycles. The van der Waals surface area contributed by atoms with E-state index in [0.29, 0.717) is 17.4 Å². The highest BCUT2D eigenvalue weighted by Gasteiger charge is 2.28. The summed E-state index contributed by atoms with van der Waals surface area (Å²) >= 11 is 0. The average Bonchev–Trinajstić information content (AvgIpc) is 3.64. The van der Waals surface area contributed by atoms with Gasteiger partial charge in [-0.05, 0) is 44.9 Å². The first kappa shape index (κ1) is 88.0. The number of carbonyl (C=O) groups excluding carboxylic acids is 1. The lowest BCUT2D eigenvalue weighted by molar-refractivity contribution is -0.870. The van der Waals surface area contributed by atoms with Crippen LogP contribution in [0.1, 0.15) is 431 Å². The molecule has 0 radical (unpaired) electrons. The van der Waals surface area contributed by atoms with Crippen LogP contribution >= 0.6 is 7.82 Å². The minimum Gasteiger partial charge on any atom is -0.387 e. The Bertz CT molecular complexity index is 1500. The summed E-state index contributed by atoms with van der Waals surface area (Å²) in [5, 5.41) is 14.1. The van der Waals surface area contributed by atoms with Crippen LogP contribution in [0.4, 0.5) is 0 Å². The molecule has 0 spiro atoms. The SMILES string of the molecule is CCCCCCCCCC/C=C\CCCCCCCCCCCCCCCCCCCCCCCCCC(=O)NC(COP(=O)(O)OCC[N+](C)(C)C)C(O)/C=C/CCCCCCCCCCCCCCCCCCCCCCCCCCCCCCCC. The number of likely N-dealkylation sites (N-methyl/N-ethyl adjacent to an activating group) is 1. The number of carbonyl (C=O) groups is 1. The zero-order valence-corrected chi connectivity index (χ0v) is 61.9. The first-order valence-corrected chi connectivity index (χ1v) is 41.7. The number of phosphoric ester groups is 1. The number of unbranched alkanes of at least 4 members (excludes halogenated alkanes) is 61. The maximum Gasteiger partial charge on any atom is 0.472 e. The van der Waals surface area contributed by atoms with Crippen molar-refractivity contribution < 1.29 is 32.9 Å². The van der Waals surface area contributed by atoms with Gasteiger partial charge in [0.05, 0.1) is 39.9 Å². The monoisotopic (exact) mass is 1280 g/mol. The average molecular weight is 1280 g/mol. The molecule has 3 unspecified atom stereocenters. The van der Waals surface area contributed by atoms with E-state index in [1.807, 2.05) is 27.2 Å². The number of nitrogens with one attached hydrogen (secondary N) is 1. The van der Waals surface area contributed by atoms with Crippen LogP contribution in [-0.4, -0.2) is 73.4 Å². The Morgan fingerprint density at radius 2 is 0.607 bits per heavy atom. The minimum atomic E-state index is -4.36. The Balaban J connectivity index is 3.94. The van der Waals surface area contributed by atoms with E-state index in [-0.39, 0.29) is 19.1 Å². The zero-order valence-electron chi connectivity index (χ0n) is 61.0. The summed E-state index contributed by atoms with van der Waals surface area (Å²) in [6.45, 7) is 4.89. The molecule has 0 fully saturated rings. The maximum absolute atomic E-state index is 13.1. The molecule has 530 valence electrons. The third kappa shape index (κ3) is 74.2. The molecule has 0 saturated carbocycles. The number of hydrogen-bond acceptors (Lipinski definition) is 5. The van der Waals surface area contributed by atoms with Gasteiger partial charge in [-0.15, -0.1) is 0 Å². The van der Waals surface area contributed by atoms with E-state index >= 15 is 0 Å². The zero-order chi connectivity index (χ0) is 64.8. The van der Waals surface area contributed by atoms with Gasteiger partial charge in [0.15, 0.2) is 0 Å². The number of phosphoric acid groups is 1. The summed E-state index contributed by atoms with van der Waals surface area (Å²) in [7, 11) is 1.60. The molecule has 8 nitrogen and oxygen atoms in total. The van der Waals surface area contributed by atoms with E-state index in [1.54, 1.807) is 6.08 Å². The predicted molar refractivity (Wildman–Crippen MR) is 392 cm³/mol. The highest BCUT2D eigenvalue weighted by molar-refractivity contribution is 7.47. The van der Waals surface area contributed by atoms with Crippen molar-refractivity contribution in [3.63, 3.8) is 0 Å². The number of aliphatic hydroxyl groups excluding tert-OH is 1. The van der Waals surface area contributed by atoms with Gasteiger partial charge in [0.2, 0.25) is 5.91 Å². The van der Waals surface area contributed by atoms with Crippen LogP contribution in [0.25, 0.3) is 0 Å². The number of amides is 1. The van der Waals surface area contributed by atoms with Crippen molar-refractivity contribution in [3.8, 4) is 0 Å². The van der Waals surface area contributed by atoms with E-state index in [2.05, 4.69) is 31.3 Å². The van der Waals surface area contributed by atoms with Crippen molar-refractivity contribution in [3.05, 3.63) is 24.3 Å². The number of allylic oxidation sites excluding steroid dienone is 3. The summed E-state index contributed by atoms with van der Waals surface area (Å²) in [5.41, 5.74) is 0. The second kappa shape index (κ2) is 71.3. The summed E-state index contributed by atoms with van der Waals surface area (Å²) in [5.74, 6) is -0.166. The Morgan fingerprint density at radius 1 is 0.371 bits per heavy atom. The molecule has 0 rings (SSSR count). The molecule has 1 amide bonds. The van der Waals surface area contributed by atoms with E-state index in [1.165, 1.54) is 379 Å². The lowest BCUT2D eigenvalue weighted by Gasteiger charge is -2.25. The quantitative estimate of drug-likeness (QED) is 0.0243. The van der Waals surface area contributed by atoms with Gasteiger partial charge < -0.3 is 19.8 Å². The fourth-order valence-electron chi connectivity index (χ4n) is 12.7. The topological polar surface area (TPSA) is 105 Å². The minimum absolute atomic E-state index is 0.0648. The highest BCUT2D eigenvalue weighted by atomic mass is 31.2. The molecule has 0 aliphatic rings. The van der Waals surface area contributed by atoms with Gasteiger partial charge in [0.1, 0.15) is 13.2 Å². The molecule has 0 bridgehead atoms. The van der Waals surface area contributed by atoms with Crippen LogP contribution in [0.5, 0.6) is 0 Å². The van der Waals surface area contributed by atoms with E-state index in [0.717, 1.165) is 32.1 Å². The van der Waals surface area contributed by atoms with Crippen molar-refractivity contribution in [1.29, 1.82) is 0 Å². The normalized spacial score (nSPS) is 13.6. The highest BCUT2D eigenvalue weighted by Crippen LogP contribution is 2.43. The van der Waals surface area contributed by atoms with Crippen molar-refractivity contribution >= 4 is 13.7 Å². The molecule has 0 aromatic rings. The van der Waals surface area contributed by atoms with Crippen LogP contribution in [0.15, 0.2) is 24.3 Å². The number of nitrogens with zero attached hydrogens (tertiary/aromatic N) is 1. The number of quaternary nitrogens is 1. The molecular formula is C80H160N2O6P+. The lowest BCUT2D eigenvalue weighted by atomic mass is 10.0. The Kier molecular flexibility index (Phi) is 70.5. The maximum atomic E-state index is 13.1. The number of rotatable bonds is 76. The van der Waals surface area contributed by atoms with Gasteiger partial charge in [-0.1, -0.05) is 404 Å². The van der Waals surface area contributed by atoms with Crippen molar-refractivity contribution in [2.45, 2.75) is 443 Å². The molecule has 0 heterocycles. The predicted octanol–water partition coefficient (Wildman–Crippen LogP) is 26.2. The van der Waals surface area contributed by atoms with Crippen molar-refractivity contribution in [1.82, 2.24) is 5.32 Å². The Labute approximate surface area is 557 Å². The van der Waals surface area contributed by atoms with Crippen LogP contribution in [0.3, 0.4) is 0 Å². The third-order valence-electron chi connectivity index (χ3n) is 18.9. The molecular weight excluding hydrogens is 1120 g/mol. The molecule has 89 heavy (non-hydrogen) atoms. The molecule has 0 aromatic carbocycles. The fourth-order valence-corrected chi connectivity index (χ4v) is 13.4. The summed E-state index contributed by atoms with van der Waals surface area (Å²) < 4.78 is 23.9.